The van der Waals surface area contributed by atoms with Gasteiger partial charge in [0.1, 0.15) is 5.75 Å². The Labute approximate surface area is 120 Å². The minimum Gasteiger partial charge on any atom is -0.493 e. The predicted molar refractivity (Wildman–Crippen MR) is 80.0 cm³/mol. The number of fused-ring (bicyclic) bond motifs is 1. The maximum atomic E-state index is 11.2. The fourth-order valence-corrected chi connectivity index (χ4v) is 2.79. The molecule has 0 aliphatic heterocycles. The Hall–Kier alpha value is -1.55. The van der Waals surface area contributed by atoms with E-state index in [9.17, 15) is 4.79 Å². The fraction of sp³-hybridized carbons (Fsp3) is 0.562. The predicted octanol–water partition coefficient (Wildman–Crippen LogP) is 2.19. The second kappa shape index (κ2) is 7.29. The van der Waals surface area contributed by atoms with E-state index in [2.05, 4.69) is 23.6 Å². The molecular formula is C16H24N2O2. The molecule has 1 amide bonds. The van der Waals surface area contributed by atoms with Crippen molar-refractivity contribution in [3.63, 3.8) is 0 Å². The Morgan fingerprint density at radius 1 is 1.45 bits per heavy atom. The molecule has 0 bridgehead atoms. The van der Waals surface area contributed by atoms with E-state index < -0.39 is 0 Å². The van der Waals surface area contributed by atoms with Gasteiger partial charge >= 0.3 is 0 Å². The maximum Gasteiger partial charge on any atom is 0.223 e. The number of rotatable bonds is 6. The molecule has 0 fully saturated rings. The van der Waals surface area contributed by atoms with E-state index in [1.807, 2.05) is 12.1 Å². The molecule has 1 aromatic rings. The summed E-state index contributed by atoms with van der Waals surface area (Å²) in [5, 5.41) is 6.14. The van der Waals surface area contributed by atoms with E-state index >= 15 is 0 Å². The summed E-state index contributed by atoms with van der Waals surface area (Å²) in [6.07, 6.45) is 3.83. The highest BCUT2D eigenvalue weighted by Gasteiger charge is 2.21. The Bertz CT molecular complexity index is 460. The summed E-state index contributed by atoms with van der Waals surface area (Å²) in [6, 6.07) is 6.68. The highest BCUT2D eigenvalue weighted by molar-refractivity contribution is 5.75. The minimum absolute atomic E-state index is 0.0142. The van der Waals surface area contributed by atoms with Crippen molar-refractivity contribution in [2.75, 3.05) is 20.2 Å². The van der Waals surface area contributed by atoms with Gasteiger partial charge in [0.25, 0.3) is 0 Å². The van der Waals surface area contributed by atoms with Crippen LogP contribution in [0.3, 0.4) is 0 Å². The molecule has 0 spiro atoms. The number of ether oxygens (including phenoxy) is 1. The lowest BCUT2D eigenvalue weighted by atomic mass is 9.87. The SMILES string of the molecule is CCNC1CCCc2c(OCCC(=O)NC)cccc21. The van der Waals surface area contributed by atoms with Gasteiger partial charge in [0.2, 0.25) is 5.91 Å². The van der Waals surface area contributed by atoms with Gasteiger partial charge in [-0.25, -0.2) is 0 Å². The molecule has 1 unspecified atom stereocenters. The van der Waals surface area contributed by atoms with Crippen molar-refractivity contribution in [2.45, 2.75) is 38.6 Å². The van der Waals surface area contributed by atoms with Crippen LogP contribution in [0.15, 0.2) is 18.2 Å². The Kier molecular flexibility index (Phi) is 5.41. The van der Waals surface area contributed by atoms with Crippen molar-refractivity contribution in [1.82, 2.24) is 10.6 Å². The average molecular weight is 276 g/mol. The molecule has 0 aromatic heterocycles. The highest BCUT2D eigenvalue weighted by atomic mass is 16.5. The third kappa shape index (κ3) is 3.51. The van der Waals surface area contributed by atoms with Crippen molar-refractivity contribution < 1.29 is 9.53 Å². The van der Waals surface area contributed by atoms with E-state index in [-0.39, 0.29) is 5.91 Å². The number of hydrogen-bond acceptors (Lipinski definition) is 3. The van der Waals surface area contributed by atoms with Gasteiger partial charge in [-0.05, 0) is 43.0 Å². The first-order valence-electron chi connectivity index (χ1n) is 7.44. The lowest BCUT2D eigenvalue weighted by molar-refractivity contribution is -0.121. The minimum atomic E-state index is 0.0142. The molecule has 20 heavy (non-hydrogen) atoms. The topological polar surface area (TPSA) is 50.4 Å². The zero-order chi connectivity index (χ0) is 14.4. The molecule has 4 heteroatoms. The molecule has 0 saturated heterocycles. The van der Waals surface area contributed by atoms with Crippen LogP contribution in [0, 0.1) is 0 Å². The van der Waals surface area contributed by atoms with Gasteiger partial charge in [0, 0.05) is 13.1 Å². The Morgan fingerprint density at radius 3 is 3.05 bits per heavy atom. The van der Waals surface area contributed by atoms with Crippen molar-refractivity contribution in [3.8, 4) is 5.75 Å². The normalized spacial score (nSPS) is 17.4. The Morgan fingerprint density at radius 2 is 2.30 bits per heavy atom. The van der Waals surface area contributed by atoms with Crippen LogP contribution in [-0.2, 0) is 11.2 Å². The Balaban J connectivity index is 2.07. The fourth-order valence-electron chi connectivity index (χ4n) is 2.79. The quantitative estimate of drug-likeness (QED) is 0.837. The van der Waals surface area contributed by atoms with Crippen molar-refractivity contribution >= 4 is 5.91 Å². The standard InChI is InChI=1S/C16H24N2O2/c1-3-18-14-8-4-7-13-12(14)6-5-9-15(13)20-11-10-16(19)17-2/h5-6,9,14,18H,3-4,7-8,10-11H2,1-2H3,(H,17,19). The molecule has 0 radical (unpaired) electrons. The van der Waals surface area contributed by atoms with Crippen LogP contribution in [0.1, 0.15) is 43.4 Å². The molecule has 2 rings (SSSR count). The van der Waals surface area contributed by atoms with E-state index in [1.165, 1.54) is 24.0 Å². The third-order valence-corrected chi connectivity index (χ3v) is 3.78. The summed E-state index contributed by atoms with van der Waals surface area (Å²) in [5.41, 5.74) is 2.66. The highest BCUT2D eigenvalue weighted by Crippen LogP contribution is 2.35. The second-order valence-electron chi connectivity index (χ2n) is 5.10. The third-order valence-electron chi connectivity index (χ3n) is 3.78. The summed E-state index contributed by atoms with van der Waals surface area (Å²) in [7, 11) is 1.65. The zero-order valence-electron chi connectivity index (χ0n) is 12.4. The first-order chi connectivity index (χ1) is 9.76. The van der Waals surface area contributed by atoms with Crippen LogP contribution in [0.2, 0.25) is 0 Å². The molecule has 1 atom stereocenters. The van der Waals surface area contributed by atoms with Gasteiger partial charge < -0.3 is 15.4 Å². The first kappa shape index (κ1) is 14.9. The summed E-state index contributed by atoms with van der Waals surface area (Å²) < 4.78 is 5.81. The molecule has 0 saturated carbocycles. The number of carbonyl (C=O) groups is 1. The van der Waals surface area contributed by atoms with Crippen LogP contribution >= 0.6 is 0 Å². The lowest BCUT2D eigenvalue weighted by Crippen LogP contribution is -2.25. The van der Waals surface area contributed by atoms with Crippen molar-refractivity contribution in [3.05, 3.63) is 29.3 Å². The van der Waals surface area contributed by atoms with Gasteiger partial charge in [-0.3, -0.25) is 4.79 Å². The summed E-state index contributed by atoms with van der Waals surface area (Å²) in [6.45, 7) is 3.55. The van der Waals surface area contributed by atoms with E-state index in [0.717, 1.165) is 18.7 Å². The smallest absolute Gasteiger partial charge is 0.223 e. The van der Waals surface area contributed by atoms with Crippen LogP contribution < -0.4 is 15.4 Å². The average Bonchev–Trinajstić information content (AvgIpc) is 2.48. The number of nitrogens with one attached hydrogen (secondary N) is 2. The summed E-state index contributed by atoms with van der Waals surface area (Å²) in [5.74, 6) is 0.953. The molecule has 4 nitrogen and oxygen atoms in total. The molecule has 110 valence electrons. The van der Waals surface area contributed by atoms with Crippen LogP contribution in [0.25, 0.3) is 0 Å². The lowest BCUT2D eigenvalue weighted by Gasteiger charge is -2.27. The molecule has 1 aliphatic rings. The number of benzene rings is 1. The first-order valence-corrected chi connectivity index (χ1v) is 7.44. The van der Waals surface area contributed by atoms with E-state index in [1.54, 1.807) is 7.05 Å². The van der Waals surface area contributed by atoms with Gasteiger partial charge in [-0.1, -0.05) is 19.1 Å². The molecule has 1 aliphatic carbocycles. The molecular weight excluding hydrogens is 252 g/mol. The van der Waals surface area contributed by atoms with Gasteiger partial charge in [-0.2, -0.15) is 0 Å². The van der Waals surface area contributed by atoms with Crippen molar-refractivity contribution in [2.24, 2.45) is 0 Å². The number of hydrogen-bond donors (Lipinski definition) is 2. The summed E-state index contributed by atoms with van der Waals surface area (Å²) in [4.78, 5) is 11.2. The van der Waals surface area contributed by atoms with E-state index in [4.69, 9.17) is 4.74 Å². The van der Waals surface area contributed by atoms with Crippen LogP contribution in [-0.4, -0.2) is 26.1 Å². The van der Waals surface area contributed by atoms with Crippen molar-refractivity contribution in [1.29, 1.82) is 0 Å². The maximum absolute atomic E-state index is 11.2. The summed E-state index contributed by atoms with van der Waals surface area (Å²) >= 11 is 0. The molecule has 2 N–H and O–H groups in total. The van der Waals surface area contributed by atoms with E-state index in [0.29, 0.717) is 19.1 Å². The van der Waals surface area contributed by atoms with Crippen LogP contribution in [0.5, 0.6) is 5.75 Å². The number of amides is 1. The number of carbonyl (C=O) groups excluding carboxylic acids is 1. The van der Waals surface area contributed by atoms with Gasteiger partial charge in [0.05, 0.1) is 13.0 Å². The van der Waals surface area contributed by atoms with Gasteiger partial charge in [-0.15, -0.1) is 0 Å². The van der Waals surface area contributed by atoms with Crippen LogP contribution in [0.4, 0.5) is 0 Å². The molecule has 1 aromatic carbocycles. The largest absolute Gasteiger partial charge is 0.493 e. The second-order valence-corrected chi connectivity index (χ2v) is 5.10. The zero-order valence-corrected chi connectivity index (χ0v) is 12.4. The monoisotopic (exact) mass is 276 g/mol. The molecule has 0 heterocycles. The van der Waals surface area contributed by atoms with Gasteiger partial charge in [0.15, 0.2) is 0 Å².